The molecule has 7 aliphatic rings. The van der Waals surface area contributed by atoms with Crippen molar-refractivity contribution in [1.29, 1.82) is 0 Å². The fourth-order valence-corrected chi connectivity index (χ4v) is 14.0. The zero-order chi connectivity index (χ0) is 25.3. The van der Waals surface area contributed by atoms with Crippen LogP contribution in [0.15, 0.2) is 0 Å². The molecule has 6 aliphatic carbocycles. The third-order valence-electron chi connectivity index (χ3n) is 15.0. The van der Waals surface area contributed by atoms with Gasteiger partial charge in [-0.3, -0.25) is 0 Å². The van der Waals surface area contributed by atoms with Crippen LogP contribution in [-0.2, 0) is 0 Å². The fourth-order valence-electron chi connectivity index (χ4n) is 14.0. The van der Waals surface area contributed by atoms with Crippen molar-refractivity contribution >= 4 is 6.85 Å². The average molecular weight is 506 g/mol. The summed E-state index contributed by atoms with van der Waals surface area (Å²) in [5, 5.41) is 0. The molecule has 12 unspecified atom stereocenters. The van der Waals surface area contributed by atoms with Gasteiger partial charge >= 0.3 is 0 Å². The van der Waals surface area contributed by atoms with Gasteiger partial charge in [-0.15, -0.1) is 0 Å². The summed E-state index contributed by atoms with van der Waals surface area (Å²) in [6.07, 6.45) is 26.6. The molecule has 1 saturated heterocycles. The topological polar surface area (TPSA) is 3.24 Å². The Morgan fingerprint density at radius 1 is 0.432 bits per heavy atom. The summed E-state index contributed by atoms with van der Waals surface area (Å²) in [6, 6.07) is 0. The highest BCUT2D eigenvalue weighted by atomic mass is 15.0. The van der Waals surface area contributed by atoms with E-state index in [1.165, 1.54) is 38.5 Å². The van der Waals surface area contributed by atoms with Crippen molar-refractivity contribution in [2.45, 2.75) is 135 Å². The standard InChI is InChI=1S/C35H60BN/c1-22-11-5-7-13-26(22)28-15-9-17-30-32(28)20-24-19-25-21-33-29(27-14-8-6-12-23(27)2)16-10-18-31(33)35(25)36(34(24)30)37(3)4/h22-35H,5-21H2,1-4H3/t22?,23?,24-,25-,26?,27?,28?,29?,30?,31?,32?,33?,34?,35?/m1/s1. The average Bonchev–Trinajstić information content (AvgIpc) is 3.46. The third-order valence-corrected chi connectivity index (χ3v) is 15.0. The van der Waals surface area contributed by atoms with Crippen LogP contribution >= 0.6 is 0 Å². The highest BCUT2D eigenvalue weighted by Gasteiger charge is 2.63. The first-order chi connectivity index (χ1) is 18.0. The van der Waals surface area contributed by atoms with Gasteiger partial charge in [-0.2, -0.15) is 0 Å². The van der Waals surface area contributed by atoms with E-state index in [2.05, 4.69) is 32.8 Å². The first-order valence-corrected chi connectivity index (χ1v) is 17.7. The molecular formula is C35H60BN. The van der Waals surface area contributed by atoms with Gasteiger partial charge in [0.1, 0.15) is 0 Å². The molecule has 7 fully saturated rings. The summed E-state index contributed by atoms with van der Waals surface area (Å²) in [5.74, 6) is 14.9. The number of rotatable bonds is 3. The van der Waals surface area contributed by atoms with Crippen molar-refractivity contribution < 1.29 is 0 Å². The summed E-state index contributed by atoms with van der Waals surface area (Å²) in [4.78, 5) is 2.82. The molecule has 2 heteroatoms. The largest absolute Gasteiger partial charge is 0.347 e. The molecule has 0 aromatic carbocycles. The SMILES string of the molecule is CC1CCCCC1C1CCCC2C1C[C@H]1C[C@@H]3CC4C(C5CCCCC5C)CCCC4C3B(N(C)C)C21. The summed E-state index contributed by atoms with van der Waals surface area (Å²) in [7, 11) is 5.02. The van der Waals surface area contributed by atoms with Crippen molar-refractivity contribution in [3.8, 4) is 0 Å². The van der Waals surface area contributed by atoms with Crippen LogP contribution in [0.5, 0.6) is 0 Å². The van der Waals surface area contributed by atoms with Gasteiger partial charge in [0.25, 0.3) is 0 Å². The molecule has 37 heavy (non-hydrogen) atoms. The van der Waals surface area contributed by atoms with Crippen molar-refractivity contribution in [3.05, 3.63) is 0 Å². The molecule has 0 spiro atoms. The van der Waals surface area contributed by atoms with Gasteiger partial charge in [-0.1, -0.05) is 78.1 Å². The lowest BCUT2D eigenvalue weighted by atomic mass is 9.31. The maximum atomic E-state index is 2.82. The van der Waals surface area contributed by atoms with Crippen molar-refractivity contribution in [2.75, 3.05) is 14.1 Å². The first kappa shape index (κ1) is 26.0. The molecule has 208 valence electrons. The molecule has 1 nitrogen and oxygen atoms in total. The van der Waals surface area contributed by atoms with Gasteiger partial charge in [0.15, 0.2) is 0 Å². The molecule has 0 aromatic rings. The smallest absolute Gasteiger partial charge is 0.230 e. The molecule has 6 saturated carbocycles. The normalized spacial score (nSPS) is 53.9. The van der Waals surface area contributed by atoms with Crippen LogP contribution in [0.2, 0.25) is 11.6 Å². The van der Waals surface area contributed by atoms with Gasteiger partial charge in [0.2, 0.25) is 6.85 Å². The molecular weight excluding hydrogens is 445 g/mol. The quantitative estimate of drug-likeness (QED) is 0.345. The maximum Gasteiger partial charge on any atom is 0.230 e. The number of fused-ring (bicyclic) bond motifs is 6. The highest BCUT2D eigenvalue weighted by molar-refractivity contribution is 6.60. The summed E-state index contributed by atoms with van der Waals surface area (Å²) >= 11 is 0. The van der Waals surface area contributed by atoms with E-state index >= 15 is 0 Å². The molecule has 0 radical (unpaired) electrons. The van der Waals surface area contributed by atoms with Gasteiger partial charge in [0, 0.05) is 0 Å². The molecule has 0 amide bonds. The lowest BCUT2D eigenvalue weighted by Gasteiger charge is -2.50. The predicted octanol–water partition coefficient (Wildman–Crippen LogP) is 9.44. The number of hydrogen-bond donors (Lipinski definition) is 0. The molecule has 1 aliphatic heterocycles. The summed E-state index contributed by atoms with van der Waals surface area (Å²) < 4.78 is 0. The van der Waals surface area contributed by atoms with Crippen molar-refractivity contribution in [1.82, 2.24) is 4.81 Å². The van der Waals surface area contributed by atoms with E-state index in [9.17, 15) is 0 Å². The Hall–Kier alpha value is 0.0249. The lowest BCUT2D eigenvalue weighted by molar-refractivity contribution is 0.0636. The zero-order valence-electron chi connectivity index (χ0n) is 25.1. The minimum atomic E-state index is 0.902. The van der Waals surface area contributed by atoms with Crippen LogP contribution < -0.4 is 0 Å². The zero-order valence-corrected chi connectivity index (χ0v) is 25.1. The molecule has 14 atom stereocenters. The third kappa shape index (κ3) is 4.34. The number of nitrogens with zero attached hydrogens (tertiary/aromatic N) is 1. The van der Waals surface area contributed by atoms with Crippen LogP contribution in [0.1, 0.15) is 123 Å². The summed E-state index contributed by atoms with van der Waals surface area (Å²) in [5.41, 5.74) is 0. The van der Waals surface area contributed by atoms with Crippen LogP contribution in [-0.4, -0.2) is 25.8 Å². The van der Waals surface area contributed by atoms with Crippen molar-refractivity contribution in [3.63, 3.8) is 0 Å². The van der Waals surface area contributed by atoms with Crippen LogP contribution in [0, 0.1) is 71.0 Å². The fraction of sp³-hybridized carbons (Fsp3) is 1.00. The second-order valence-electron chi connectivity index (χ2n) is 16.5. The molecule has 0 aromatic heterocycles. The number of hydrogen-bond acceptors (Lipinski definition) is 1. The Morgan fingerprint density at radius 3 is 1.27 bits per heavy atom. The van der Waals surface area contributed by atoms with Gasteiger partial charge in [0.05, 0.1) is 0 Å². The Morgan fingerprint density at radius 2 is 0.838 bits per heavy atom. The van der Waals surface area contributed by atoms with E-state index in [1.807, 2.05) is 0 Å². The Kier molecular flexibility index (Phi) is 7.33. The van der Waals surface area contributed by atoms with E-state index in [-0.39, 0.29) is 0 Å². The van der Waals surface area contributed by atoms with E-state index in [4.69, 9.17) is 0 Å². The lowest BCUT2D eigenvalue weighted by Crippen LogP contribution is -2.51. The van der Waals surface area contributed by atoms with E-state index in [0.29, 0.717) is 0 Å². The molecule has 1 heterocycles. The highest BCUT2D eigenvalue weighted by Crippen LogP contribution is 2.69. The van der Waals surface area contributed by atoms with Crippen LogP contribution in [0.25, 0.3) is 0 Å². The van der Waals surface area contributed by atoms with Crippen LogP contribution in [0.4, 0.5) is 0 Å². The summed E-state index contributed by atoms with van der Waals surface area (Å²) in [6.45, 7) is 6.17. The maximum absolute atomic E-state index is 2.82. The predicted molar refractivity (Wildman–Crippen MR) is 159 cm³/mol. The van der Waals surface area contributed by atoms with Crippen LogP contribution in [0.3, 0.4) is 0 Å². The Bertz CT molecular complexity index is 734. The van der Waals surface area contributed by atoms with E-state index in [0.717, 1.165) is 89.5 Å². The Balaban J connectivity index is 1.15. The monoisotopic (exact) mass is 505 g/mol. The molecule has 0 bridgehead atoms. The molecule has 0 N–H and O–H groups in total. The Labute approximate surface area is 231 Å². The first-order valence-electron chi connectivity index (χ1n) is 17.7. The second kappa shape index (κ2) is 10.5. The molecule has 7 rings (SSSR count). The van der Waals surface area contributed by atoms with E-state index < -0.39 is 0 Å². The van der Waals surface area contributed by atoms with E-state index in [1.54, 1.807) is 70.6 Å². The van der Waals surface area contributed by atoms with Gasteiger partial charge in [-0.05, 0) is 142 Å². The minimum Gasteiger partial charge on any atom is -0.347 e. The van der Waals surface area contributed by atoms with Gasteiger partial charge < -0.3 is 4.81 Å². The van der Waals surface area contributed by atoms with Crippen molar-refractivity contribution in [2.24, 2.45) is 71.0 Å². The minimum absolute atomic E-state index is 0.902. The van der Waals surface area contributed by atoms with Gasteiger partial charge in [-0.25, -0.2) is 0 Å². The second-order valence-corrected chi connectivity index (χ2v) is 16.5.